The zero-order valence-corrected chi connectivity index (χ0v) is 12.6. The van der Waals surface area contributed by atoms with E-state index in [-0.39, 0.29) is 11.9 Å². The number of carbonyl (C=O) groups is 1. The summed E-state index contributed by atoms with van der Waals surface area (Å²) in [6, 6.07) is 4.90. The van der Waals surface area contributed by atoms with E-state index in [0.29, 0.717) is 12.5 Å². The minimum absolute atomic E-state index is 0.116. The zero-order chi connectivity index (χ0) is 13.5. The van der Waals surface area contributed by atoms with Crippen molar-refractivity contribution in [3.8, 4) is 0 Å². The van der Waals surface area contributed by atoms with Gasteiger partial charge in [-0.3, -0.25) is 4.79 Å². The maximum Gasteiger partial charge on any atom is 0.221 e. The maximum atomic E-state index is 11.5. The van der Waals surface area contributed by atoms with Gasteiger partial charge in [-0.1, -0.05) is 6.92 Å². The first-order valence-corrected chi connectivity index (χ1v) is 7.46. The standard InChI is InChI=1S/C14H24N2OS/c1-5-12-6-7-13(18-12)11(4)15-9-8-14(17)16-10(2)3/h6-7,10-11,15H,5,8-9H2,1-4H3,(H,16,17). The van der Waals surface area contributed by atoms with E-state index in [4.69, 9.17) is 0 Å². The third-order valence-electron chi connectivity index (χ3n) is 2.71. The number of thiophene rings is 1. The Balaban J connectivity index is 2.28. The van der Waals surface area contributed by atoms with Crippen LogP contribution in [0.3, 0.4) is 0 Å². The van der Waals surface area contributed by atoms with Crippen LogP contribution in [0.2, 0.25) is 0 Å². The van der Waals surface area contributed by atoms with E-state index in [1.54, 1.807) is 0 Å². The molecule has 1 aromatic heterocycles. The lowest BCUT2D eigenvalue weighted by molar-refractivity contribution is -0.121. The summed E-state index contributed by atoms with van der Waals surface area (Å²) < 4.78 is 0. The first-order chi connectivity index (χ1) is 8.52. The van der Waals surface area contributed by atoms with E-state index in [9.17, 15) is 4.79 Å². The van der Waals surface area contributed by atoms with Gasteiger partial charge in [-0.05, 0) is 39.3 Å². The molecule has 1 unspecified atom stereocenters. The molecule has 1 aromatic rings. The van der Waals surface area contributed by atoms with Crippen LogP contribution in [0.4, 0.5) is 0 Å². The molecule has 102 valence electrons. The van der Waals surface area contributed by atoms with Crippen LogP contribution >= 0.6 is 11.3 Å². The molecule has 18 heavy (non-hydrogen) atoms. The molecule has 4 heteroatoms. The molecule has 0 radical (unpaired) electrons. The molecule has 0 aliphatic heterocycles. The van der Waals surface area contributed by atoms with Gasteiger partial charge in [0.1, 0.15) is 0 Å². The predicted molar refractivity (Wildman–Crippen MR) is 78.0 cm³/mol. The first-order valence-electron chi connectivity index (χ1n) is 6.64. The summed E-state index contributed by atoms with van der Waals surface area (Å²) in [6.45, 7) is 8.99. The highest BCUT2D eigenvalue weighted by atomic mass is 32.1. The summed E-state index contributed by atoms with van der Waals surface area (Å²) in [5, 5.41) is 6.28. The molecule has 0 aliphatic rings. The van der Waals surface area contributed by atoms with Crippen molar-refractivity contribution in [2.45, 2.75) is 52.6 Å². The van der Waals surface area contributed by atoms with E-state index >= 15 is 0 Å². The highest BCUT2D eigenvalue weighted by Crippen LogP contribution is 2.23. The molecule has 0 spiro atoms. The molecule has 1 heterocycles. The van der Waals surface area contributed by atoms with Gasteiger partial charge in [0.25, 0.3) is 0 Å². The predicted octanol–water partition coefficient (Wildman–Crippen LogP) is 2.88. The van der Waals surface area contributed by atoms with Gasteiger partial charge < -0.3 is 10.6 Å². The Morgan fingerprint density at radius 1 is 1.33 bits per heavy atom. The van der Waals surface area contributed by atoms with Gasteiger partial charge in [0.2, 0.25) is 5.91 Å². The average Bonchev–Trinajstić information content (AvgIpc) is 2.76. The van der Waals surface area contributed by atoms with Crippen LogP contribution in [-0.4, -0.2) is 18.5 Å². The smallest absolute Gasteiger partial charge is 0.221 e. The zero-order valence-electron chi connectivity index (χ0n) is 11.7. The third-order valence-corrected chi connectivity index (χ3v) is 4.12. The molecule has 1 atom stereocenters. The molecule has 0 bridgehead atoms. The maximum absolute atomic E-state index is 11.5. The van der Waals surface area contributed by atoms with Crippen LogP contribution in [0.25, 0.3) is 0 Å². The van der Waals surface area contributed by atoms with Crippen molar-refractivity contribution in [3.63, 3.8) is 0 Å². The number of hydrogen-bond donors (Lipinski definition) is 2. The van der Waals surface area contributed by atoms with Gasteiger partial charge >= 0.3 is 0 Å². The highest BCUT2D eigenvalue weighted by molar-refractivity contribution is 7.12. The molecular formula is C14H24N2OS. The van der Waals surface area contributed by atoms with E-state index in [1.165, 1.54) is 9.75 Å². The van der Waals surface area contributed by atoms with Gasteiger partial charge in [0.15, 0.2) is 0 Å². The summed E-state index contributed by atoms with van der Waals surface area (Å²) in [7, 11) is 0. The quantitative estimate of drug-likeness (QED) is 0.798. The molecule has 2 N–H and O–H groups in total. The Hall–Kier alpha value is -0.870. The van der Waals surface area contributed by atoms with Crippen molar-refractivity contribution in [3.05, 3.63) is 21.9 Å². The van der Waals surface area contributed by atoms with Gasteiger partial charge in [-0.25, -0.2) is 0 Å². The molecule has 0 saturated carbocycles. The molecule has 0 saturated heterocycles. The molecular weight excluding hydrogens is 244 g/mol. The average molecular weight is 268 g/mol. The Morgan fingerprint density at radius 2 is 2.06 bits per heavy atom. The molecule has 0 aromatic carbocycles. The second-order valence-corrected chi connectivity index (χ2v) is 6.01. The lowest BCUT2D eigenvalue weighted by Gasteiger charge is -2.13. The second kappa shape index (κ2) is 7.54. The SMILES string of the molecule is CCc1ccc(C(C)NCCC(=O)NC(C)C)s1. The van der Waals surface area contributed by atoms with Gasteiger partial charge in [0.05, 0.1) is 0 Å². The summed E-state index contributed by atoms with van der Waals surface area (Å²) in [4.78, 5) is 14.2. The van der Waals surface area contributed by atoms with E-state index in [0.717, 1.165) is 13.0 Å². The number of amides is 1. The monoisotopic (exact) mass is 268 g/mol. The number of rotatable bonds is 7. The Labute approximate surface area is 114 Å². The fourth-order valence-electron chi connectivity index (χ4n) is 1.71. The van der Waals surface area contributed by atoms with Crippen molar-refractivity contribution in [2.24, 2.45) is 0 Å². The fraction of sp³-hybridized carbons (Fsp3) is 0.643. The topological polar surface area (TPSA) is 41.1 Å². The van der Waals surface area contributed by atoms with Gasteiger partial charge in [-0.2, -0.15) is 0 Å². The Bertz CT molecular complexity index is 374. The molecule has 1 amide bonds. The molecule has 3 nitrogen and oxygen atoms in total. The lowest BCUT2D eigenvalue weighted by Crippen LogP contribution is -2.33. The van der Waals surface area contributed by atoms with Crippen LogP contribution in [-0.2, 0) is 11.2 Å². The fourth-order valence-corrected chi connectivity index (χ4v) is 2.69. The normalized spacial score (nSPS) is 12.7. The molecule has 1 rings (SSSR count). The summed E-state index contributed by atoms with van der Waals surface area (Å²) in [5.41, 5.74) is 0. The Kier molecular flexibility index (Phi) is 6.36. The lowest BCUT2D eigenvalue weighted by atomic mass is 10.2. The van der Waals surface area contributed by atoms with Gasteiger partial charge in [-0.15, -0.1) is 11.3 Å². The number of nitrogens with one attached hydrogen (secondary N) is 2. The van der Waals surface area contributed by atoms with Crippen LogP contribution in [0.15, 0.2) is 12.1 Å². The Morgan fingerprint density at radius 3 is 2.61 bits per heavy atom. The largest absolute Gasteiger partial charge is 0.354 e. The third kappa shape index (κ3) is 5.19. The number of carbonyl (C=O) groups excluding carboxylic acids is 1. The van der Waals surface area contributed by atoms with Crippen LogP contribution in [0.5, 0.6) is 0 Å². The summed E-state index contributed by atoms with van der Waals surface area (Å²) in [6.07, 6.45) is 1.63. The molecule has 0 fully saturated rings. The molecule has 0 aliphatic carbocycles. The van der Waals surface area contributed by atoms with Crippen molar-refractivity contribution in [1.29, 1.82) is 0 Å². The van der Waals surface area contributed by atoms with E-state index in [1.807, 2.05) is 25.2 Å². The van der Waals surface area contributed by atoms with Crippen LogP contribution in [0.1, 0.15) is 49.9 Å². The van der Waals surface area contributed by atoms with Crippen molar-refractivity contribution in [2.75, 3.05) is 6.54 Å². The first kappa shape index (κ1) is 15.2. The number of hydrogen-bond acceptors (Lipinski definition) is 3. The number of aryl methyl sites for hydroxylation is 1. The van der Waals surface area contributed by atoms with Gasteiger partial charge in [0, 0.05) is 34.8 Å². The highest BCUT2D eigenvalue weighted by Gasteiger charge is 2.09. The van der Waals surface area contributed by atoms with Crippen molar-refractivity contribution < 1.29 is 4.79 Å². The minimum atomic E-state index is 0.116. The van der Waals surface area contributed by atoms with Crippen LogP contribution in [0, 0.1) is 0 Å². The van der Waals surface area contributed by atoms with Crippen molar-refractivity contribution >= 4 is 17.2 Å². The van der Waals surface area contributed by atoms with E-state index < -0.39 is 0 Å². The van der Waals surface area contributed by atoms with Crippen LogP contribution < -0.4 is 10.6 Å². The van der Waals surface area contributed by atoms with Crippen molar-refractivity contribution in [1.82, 2.24) is 10.6 Å². The summed E-state index contributed by atoms with van der Waals surface area (Å²) >= 11 is 1.85. The second-order valence-electron chi connectivity index (χ2n) is 4.81. The summed E-state index contributed by atoms with van der Waals surface area (Å²) in [5.74, 6) is 0.116. The van der Waals surface area contributed by atoms with E-state index in [2.05, 4.69) is 36.6 Å². The minimum Gasteiger partial charge on any atom is -0.354 e.